The van der Waals surface area contributed by atoms with Crippen LogP contribution in [-0.2, 0) is 9.59 Å². The average molecular weight is 418 g/mol. The van der Waals surface area contributed by atoms with E-state index in [9.17, 15) is 19.8 Å². The Bertz CT molecular complexity index is 739. The minimum atomic E-state index is -1.10. The summed E-state index contributed by atoms with van der Waals surface area (Å²) in [6, 6.07) is -0.0171. The number of amides is 1. The number of allylic oxidation sites excluding steroid dienone is 4. The molecule has 1 aliphatic heterocycles. The first-order valence-electron chi connectivity index (χ1n) is 11.6. The minimum absolute atomic E-state index is 0.0114. The topological polar surface area (TPSA) is 86.6 Å². The molecule has 0 radical (unpaired) electrons. The standard InChI is InChI=1S/C25H39NO4/c1-14(2)8-21-23-17(5)16(4)11-19-10-15(3)9-18(13-27)12-20(28)6-7-22(29)25(19,23)24(30)26-21/h10-11,14,17-21,23,27-28H,6-9,12-13H2,1-5H3,(H,26,30)/t17-,18+,19+,20-,21+,23+,25-/m1/s1. The van der Waals surface area contributed by atoms with Gasteiger partial charge in [-0.2, -0.15) is 0 Å². The number of nitrogens with one attached hydrogen (secondary N) is 1. The van der Waals surface area contributed by atoms with Crippen molar-refractivity contribution in [2.45, 2.75) is 78.9 Å². The second kappa shape index (κ2) is 8.96. The third kappa shape index (κ3) is 4.03. The van der Waals surface area contributed by atoms with Crippen molar-refractivity contribution in [2.24, 2.45) is 35.0 Å². The zero-order valence-electron chi connectivity index (χ0n) is 19.1. The van der Waals surface area contributed by atoms with Crippen LogP contribution < -0.4 is 5.32 Å². The van der Waals surface area contributed by atoms with Crippen molar-refractivity contribution in [3.05, 3.63) is 23.3 Å². The Morgan fingerprint density at radius 3 is 2.57 bits per heavy atom. The molecule has 0 unspecified atom stereocenters. The lowest BCUT2D eigenvalue weighted by Crippen LogP contribution is -2.52. The maximum Gasteiger partial charge on any atom is 0.235 e. The summed E-state index contributed by atoms with van der Waals surface area (Å²) < 4.78 is 0. The predicted molar refractivity (Wildman–Crippen MR) is 118 cm³/mol. The first-order valence-corrected chi connectivity index (χ1v) is 11.6. The molecule has 1 amide bonds. The number of carbonyl (C=O) groups excluding carboxylic acids is 2. The van der Waals surface area contributed by atoms with Crippen LogP contribution in [-0.4, -0.2) is 40.7 Å². The molecule has 3 aliphatic rings. The molecule has 0 saturated carbocycles. The van der Waals surface area contributed by atoms with E-state index in [1.165, 1.54) is 5.57 Å². The van der Waals surface area contributed by atoms with Gasteiger partial charge < -0.3 is 15.5 Å². The Morgan fingerprint density at radius 1 is 1.23 bits per heavy atom. The molecular formula is C25H39NO4. The van der Waals surface area contributed by atoms with Gasteiger partial charge in [-0.15, -0.1) is 0 Å². The number of ketones is 1. The zero-order valence-corrected chi connectivity index (χ0v) is 19.1. The third-order valence-corrected chi connectivity index (χ3v) is 7.71. The van der Waals surface area contributed by atoms with Gasteiger partial charge in [0.15, 0.2) is 0 Å². The Balaban J connectivity index is 2.14. The van der Waals surface area contributed by atoms with E-state index in [1.54, 1.807) is 0 Å². The highest BCUT2D eigenvalue weighted by molar-refractivity contribution is 6.09. The van der Waals surface area contributed by atoms with Crippen molar-refractivity contribution in [1.82, 2.24) is 5.32 Å². The van der Waals surface area contributed by atoms with Gasteiger partial charge in [0, 0.05) is 30.9 Å². The highest BCUT2D eigenvalue weighted by atomic mass is 16.3. The maximum atomic E-state index is 13.8. The van der Waals surface area contributed by atoms with Crippen molar-refractivity contribution in [1.29, 1.82) is 0 Å². The van der Waals surface area contributed by atoms with Crippen molar-refractivity contribution in [2.75, 3.05) is 6.61 Å². The number of aliphatic hydroxyl groups excluding tert-OH is 2. The molecular weight excluding hydrogens is 378 g/mol. The average Bonchev–Trinajstić information content (AvgIpc) is 2.94. The lowest BCUT2D eigenvalue weighted by Gasteiger charge is -2.45. The van der Waals surface area contributed by atoms with E-state index in [0.717, 1.165) is 12.0 Å². The molecule has 0 aromatic carbocycles. The molecule has 7 atom stereocenters. The molecule has 1 spiro atoms. The van der Waals surface area contributed by atoms with Gasteiger partial charge in [0.25, 0.3) is 0 Å². The van der Waals surface area contributed by atoms with Crippen molar-refractivity contribution in [3.63, 3.8) is 0 Å². The number of aliphatic hydroxyl groups is 2. The summed E-state index contributed by atoms with van der Waals surface area (Å²) in [5.41, 5.74) is 1.20. The fourth-order valence-corrected chi connectivity index (χ4v) is 6.26. The number of carbonyl (C=O) groups is 2. The Hall–Kier alpha value is -1.46. The van der Waals surface area contributed by atoms with E-state index < -0.39 is 11.5 Å². The van der Waals surface area contributed by atoms with E-state index >= 15 is 0 Å². The molecule has 5 nitrogen and oxygen atoms in total. The van der Waals surface area contributed by atoms with Crippen LogP contribution in [0.2, 0.25) is 0 Å². The van der Waals surface area contributed by atoms with Crippen LogP contribution in [0.1, 0.15) is 66.7 Å². The highest BCUT2D eigenvalue weighted by Gasteiger charge is 2.65. The van der Waals surface area contributed by atoms with Crippen LogP contribution >= 0.6 is 0 Å². The summed E-state index contributed by atoms with van der Waals surface area (Å²) in [4.78, 5) is 27.4. The van der Waals surface area contributed by atoms with Gasteiger partial charge >= 0.3 is 0 Å². The molecule has 1 heterocycles. The molecule has 3 rings (SSSR count). The Labute approximate surface area is 181 Å². The maximum absolute atomic E-state index is 13.8. The van der Waals surface area contributed by atoms with E-state index in [4.69, 9.17) is 0 Å². The molecule has 168 valence electrons. The normalized spacial score (nSPS) is 40.1. The van der Waals surface area contributed by atoms with Crippen LogP contribution in [0, 0.1) is 35.0 Å². The Morgan fingerprint density at radius 2 is 1.93 bits per heavy atom. The lowest BCUT2D eigenvalue weighted by atomic mass is 9.54. The van der Waals surface area contributed by atoms with Crippen LogP contribution in [0.4, 0.5) is 0 Å². The van der Waals surface area contributed by atoms with E-state index in [1.807, 2.05) is 6.92 Å². The van der Waals surface area contributed by atoms with Crippen molar-refractivity contribution in [3.8, 4) is 0 Å². The fourth-order valence-electron chi connectivity index (χ4n) is 6.26. The molecule has 0 aromatic rings. The summed E-state index contributed by atoms with van der Waals surface area (Å²) in [6.07, 6.45) is 6.12. The first kappa shape index (κ1) is 23.2. The lowest BCUT2D eigenvalue weighted by molar-refractivity contribution is -0.145. The predicted octanol–water partition coefficient (Wildman–Crippen LogP) is 3.40. The van der Waals surface area contributed by atoms with Crippen molar-refractivity contribution >= 4 is 11.7 Å². The number of Topliss-reactive ketones (excluding diaryl/α,β-unsaturated/α-hetero) is 1. The highest BCUT2D eigenvalue weighted by Crippen LogP contribution is 2.55. The van der Waals surface area contributed by atoms with Crippen LogP contribution in [0.3, 0.4) is 0 Å². The van der Waals surface area contributed by atoms with Gasteiger partial charge in [-0.05, 0) is 57.3 Å². The number of hydrogen-bond acceptors (Lipinski definition) is 4. The molecule has 0 bridgehead atoms. The van der Waals surface area contributed by atoms with Gasteiger partial charge in [-0.25, -0.2) is 0 Å². The molecule has 1 fully saturated rings. The number of hydrogen-bond donors (Lipinski definition) is 3. The quantitative estimate of drug-likeness (QED) is 0.485. The van der Waals surface area contributed by atoms with E-state index in [0.29, 0.717) is 25.2 Å². The van der Waals surface area contributed by atoms with Gasteiger partial charge in [0.1, 0.15) is 11.2 Å². The van der Waals surface area contributed by atoms with Crippen LogP contribution in [0.5, 0.6) is 0 Å². The molecule has 0 aromatic heterocycles. The summed E-state index contributed by atoms with van der Waals surface area (Å²) in [7, 11) is 0. The molecule has 5 heteroatoms. The second-order valence-electron chi connectivity index (χ2n) is 10.4. The molecule has 1 saturated heterocycles. The van der Waals surface area contributed by atoms with Crippen molar-refractivity contribution < 1.29 is 19.8 Å². The fraction of sp³-hybridized carbons (Fsp3) is 0.760. The molecule has 2 aliphatic carbocycles. The number of rotatable bonds is 3. The van der Waals surface area contributed by atoms with Gasteiger partial charge in [0.05, 0.1) is 6.10 Å². The Kier molecular flexibility index (Phi) is 6.93. The van der Waals surface area contributed by atoms with E-state index in [-0.39, 0.29) is 54.4 Å². The molecule has 30 heavy (non-hydrogen) atoms. The van der Waals surface area contributed by atoms with E-state index in [2.05, 4.69) is 45.2 Å². The smallest absolute Gasteiger partial charge is 0.235 e. The van der Waals surface area contributed by atoms with Crippen LogP contribution in [0.15, 0.2) is 23.3 Å². The second-order valence-corrected chi connectivity index (χ2v) is 10.4. The SMILES string of the molecule is CC1=C[C@H]2C=C(C)[C@@H](C)[C@H]3[C@H](CC(C)C)NC(=O)[C@@]23C(=O)CC[C@@H](O)C[C@@H](CO)C1. The first-order chi connectivity index (χ1) is 14.1. The van der Waals surface area contributed by atoms with Gasteiger partial charge in [-0.3, -0.25) is 9.59 Å². The summed E-state index contributed by atoms with van der Waals surface area (Å²) in [5, 5.41) is 23.5. The summed E-state index contributed by atoms with van der Waals surface area (Å²) >= 11 is 0. The third-order valence-electron chi connectivity index (χ3n) is 7.71. The van der Waals surface area contributed by atoms with Crippen LogP contribution in [0.25, 0.3) is 0 Å². The molecule has 3 N–H and O–H groups in total. The van der Waals surface area contributed by atoms with Gasteiger partial charge in [0.2, 0.25) is 5.91 Å². The van der Waals surface area contributed by atoms with Gasteiger partial charge in [-0.1, -0.05) is 44.1 Å². The zero-order chi connectivity index (χ0) is 22.2. The summed E-state index contributed by atoms with van der Waals surface area (Å²) in [5.74, 6) is -0.00706. The monoisotopic (exact) mass is 417 g/mol. The summed E-state index contributed by atoms with van der Waals surface area (Å²) in [6.45, 7) is 10.6. The minimum Gasteiger partial charge on any atom is -0.396 e. The largest absolute Gasteiger partial charge is 0.396 e.